The van der Waals surface area contributed by atoms with E-state index < -0.39 is 11.7 Å². The summed E-state index contributed by atoms with van der Waals surface area (Å²) in [5.41, 5.74) is 1.20. The second-order valence-electron chi connectivity index (χ2n) is 4.69. The first-order chi connectivity index (χ1) is 9.56. The summed E-state index contributed by atoms with van der Waals surface area (Å²) in [6, 6.07) is 14.2. The standard InChI is InChI=1S/C16H15BrFNO/c1-11(9-12-5-3-2-4-6-12)19-16(20)14-8-7-13(17)10-15(14)18/h2-8,10-11H,9H2,1H3,(H,19,20). The molecular formula is C16H15BrFNO. The van der Waals surface area contributed by atoms with Crippen molar-refractivity contribution < 1.29 is 9.18 Å². The average molecular weight is 336 g/mol. The number of benzene rings is 2. The topological polar surface area (TPSA) is 29.1 Å². The van der Waals surface area contributed by atoms with Crippen molar-refractivity contribution in [2.75, 3.05) is 0 Å². The van der Waals surface area contributed by atoms with Gasteiger partial charge in [0.2, 0.25) is 0 Å². The molecule has 1 atom stereocenters. The van der Waals surface area contributed by atoms with Crippen molar-refractivity contribution in [1.29, 1.82) is 0 Å². The molecule has 2 aromatic carbocycles. The summed E-state index contributed by atoms with van der Waals surface area (Å²) < 4.78 is 14.3. The van der Waals surface area contributed by atoms with E-state index >= 15 is 0 Å². The predicted molar refractivity (Wildman–Crippen MR) is 81.2 cm³/mol. The van der Waals surface area contributed by atoms with Crippen molar-refractivity contribution in [3.05, 3.63) is 69.9 Å². The van der Waals surface area contributed by atoms with Gasteiger partial charge in [0.25, 0.3) is 5.91 Å². The first-order valence-corrected chi connectivity index (χ1v) is 7.15. The van der Waals surface area contributed by atoms with Crippen molar-refractivity contribution >= 4 is 21.8 Å². The number of rotatable bonds is 4. The molecule has 0 aliphatic carbocycles. The summed E-state index contributed by atoms with van der Waals surface area (Å²) in [6.45, 7) is 1.90. The monoisotopic (exact) mass is 335 g/mol. The fourth-order valence-electron chi connectivity index (χ4n) is 1.99. The lowest BCUT2D eigenvalue weighted by molar-refractivity contribution is 0.0936. The second-order valence-corrected chi connectivity index (χ2v) is 5.60. The van der Waals surface area contributed by atoms with Crippen LogP contribution < -0.4 is 5.32 Å². The number of amides is 1. The Bertz CT molecular complexity index is 601. The molecule has 2 aromatic rings. The molecule has 0 fully saturated rings. The van der Waals surface area contributed by atoms with Crippen LogP contribution in [0.3, 0.4) is 0 Å². The number of carbonyl (C=O) groups excluding carboxylic acids is 1. The second kappa shape index (κ2) is 6.66. The minimum Gasteiger partial charge on any atom is -0.349 e. The van der Waals surface area contributed by atoms with Gasteiger partial charge in [0.05, 0.1) is 5.56 Å². The van der Waals surface area contributed by atoms with E-state index in [4.69, 9.17) is 0 Å². The van der Waals surface area contributed by atoms with Crippen LogP contribution in [0.25, 0.3) is 0 Å². The highest BCUT2D eigenvalue weighted by atomic mass is 79.9. The molecule has 2 nitrogen and oxygen atoms in total. The summed E-state index contributed by atoms with van der Waals surface area (Å²) in [5.74, 6) is -0.915. The van der Waals surface area contributed by atoms with Crippen LogP contribution in [0.4, 0.5) is 4.39 Å². The largest absolute Gasteiger partial charge is 0.349 e. The maximum atomic E-state index is 13.7. The van der Waals surface area contributed by atoms with Crippen molar-refractivity contribution in [2.45, 2.75) is 19.4 Å². The normalized spacial score (nSPS) is 11.9. The first kappa shape index (κ1) is 14.7. The fraction of sp³-hybridized carbons (Fsp3) is 0.188. The maximum Gasteiger partial charge on any atom is 0.254 e. The van der Waals surface area contributed by atoms with Gasteiger partial charge in [0.15, 0.2) is 0 Å². The highest BCUT2D eigenvalue weighted by Crippen LogP contribution is 2.15. The Morgan fingerprint density at radius 3 is 2.60 bits per heavy atom. The molecule has 0 saturated heterocycles. The lowest BCUT2D eigenvalue weighted by atomic mass is 10.1. The van der Waals surface area contributed by atoms with Crippen molar-refractivity contribution in [3.8, 4) is 0 Å². The molecule has 2 rings (SSSR count). The van der Waals surface area contributed by atoms with Crippen LogP contribution in [0.5, 0.6) is 0 Å². The Morgan fingerprint density at radius 1 is 1.25 bits per heavy atom. The zero-order chi connectivity index (χ0) is 14.5. The predicted octanol–water partition coefficient (Wildman–Crippen LogP) is 3.95. The van der Waals surface area contributed by atoms with Gasteiger partial charge >= 0.3 is 0 Å². The van der Waals surface area contributed by atoms with Gasteiger partial charge in [-0.2, -0.15) is 0 Å². The molecule has 0 aromatic heterocycles. The van der Waals surface area contributed by atoms with Crippen LogP contribution in [0.15, 0.2) is 53.0 Å². The number of hydrogen-bond acceptors (Lipinski definition) is 1. The third-order valence-corrected chi connectivity index (χ3v) is 3.43. The molecule has 0 saturated carbocycles. The number of hydrogen-bond donors (Lipinski definition) is 1. The first-order valence-electron chi connectivity index (χ1n) is 6.36. The van der Waals surface area contributed by atoms with E-state index in [1.807, 2.05) is 37.3 Å². The molecule has 0 bridgehead atoms. The fourth-order valence-corrected chi connectivity index (χ4v) is 2.33. The van der Waals surface area contributed by atoms with Crippen LogP contribution in [0, 0.1) is 5.82 Å². The van der Waals surface area contributed by atoms with Gasteiger partial charge in [-0.15, -0.1) is 0 Å². The smallest absolute Gasteiger partial charge is 0.254 e. The minimum atomic E-state index is -0.524. The molecule has 1 amide bonds. The zero-order valence-electron chi connectivity index (χ0n) is 11.1. The SMILES string of the molecule is CC(Cc1ccccc1)NC(=O)c1ccc(Br)cc1F. The van der Waals surface area contributed by atoms with Crippen molar-refractivity contribution in [1.82, 2.24) is 5.32 Å². The summed E-state index contributed by atoms with van der Waals surface area (Å²) in [4.78, 5) is 12.0. The lowest BCUT2D eigenvalue weighted by Gasteiger charge is -2.14. The lowest BCUT2D eigenvalue weighted by Crippen LogP contribution is -2.34. The Hall–Kier alpha value is -1.68. The van der Waals surface area contributed by atoms with E-state index in [0.717, 1.165) is 5.56 Å². The van der Waals surface area contributed by atoms with Crippen LogP contribution >= 0.6 is 15.9 Å². The summed E-state index contributed by atoms with van der Waals surface area (Å²) in [6.07, 6.45) is 0.713. The Morgan fingerprint density at radius 2 is 1.95 bits per heavy atom. The van der Waals surface area contributed by atoms with Crippen LogP contribution in [0.2, 0.25) is 0 Å². The molecule has 4 heteroatoms. The van der Waals surface area contributed by atoms with E-state index in [9.17, 15) is 9.18 Å². The zero-order valence-corrected chi connectivity index (χ0v) is 12.7. The van der Waals surface area contributed by atoms with Gasteiger partial charge < -0.3 is 5.32 Å². The molecule has 0 radical (unpaired) electrons. The van der Waals surface area contributed by atoms with Crippen LogP contribution in [-0.4, -0.2) is 11.9 Å². The third-order valence-electron chi connectivity index (χ3n) is 2.94. The van der Waals surface area contributed by atoms with E-state index in [0.29, 0.717) is 10.9 Å². The molecular weight excluding hydrogens is 321 g/mol. The Labute approximate surface area is 126 Å². The maximum absolute atomic E-state index is 13.7. The Balaban J connectivity index is 2.00. The van der Waals surface area contributed by atoms with E-state index in [1.165, 1.54) is 12.1 Å². The number of halogens is 2. The van der Waals surface area contributed by atoms with Gasteiger partial charge in [-0.3, -0.25) is 4.79 Å². The van der Waals surface area contributed by atoms with Gasteiger partial charge in [-0.1, -0.05) is 46.3 Å². The van der Waals surface area contributed by atoms with Gasteiger partial charge in [0.1, 0.15) is 5.82 Å². The van der Waals surface area contributed by atoms with Gasteiger partial charge in [-0.05, 0) is 37.1 Å². The van der Waals surface area contributed by atoms with Crippen molar-refractivity contribution in [3.63, 3.8) is 0 Å². The molecule has 0 spiro atoms. The highest BCUT2D eigenvalue weighted by molar-refractivity contribution is 9.10. The molecule has 0 aliphatic heterocycles. The number of nitrogens with one attached hydrogen (secondary N) is 1. The van der Waals surface area contributed by atoms with Gasteiger partial charge in [0, 0.05) is 10.5 Å². The van der Waals surface area contributed by atoms with Crippen LogP contribution in [0.1, 0.15) is 22.8 Å². The Kier molecular flexibility index (Phi) is 4.90. The summed E-state index contributed by atoms with van der Waals surface area (Å²) in [7, 11) is 0. The van der Waals surface area contributed by atoms with Gasteiger partial charge in [-0.25, -0.2) is 4.39 Å². The highest BCUT2D eigenvalue weighted by Gasteiger charge is 2.14. The van der Waals surface area contributed by atoms with E-state index in [1.54, 1.807) is 6.07 Å². The third kappa shape index (κ3) is 3.90. The molecule has 0 aliphatic rings. The van der Waals surface area contributed by atoms with Crippen molar-refractivity contribution in [2.24, 2.45) is 0 Å². The van der Waals surface area contributed by atoms with E-state index in [-0.39, 0.29) is 11.6 Å². The van der Waals surface area contributed by atoms with E-state index in [2.05, 4.69) is 21.2 Å². The average Bonchev–Trinajstić information content (AvgIpc) is 2.39. The summed E-state index contributed by atoms with van der Waals surface area (Å²) >= 11 is 3.17. The number of carbonyl (C=O) groups is 1. The molecule has 20 heavy (non-hydrogen) atoms. The molecule has 104 valence electrons. The van der Waals surface area contributed by atoms with Crippen LogP contribution in [-0.2, 0) is 6.42 Å². The quantitative estimate of drug-likeness (QED) is 0.900. The molecule has 0 heterocycles. The summed E-state index contributed by atoms with van der Waals surface area (Å²) in [5, 5.41) is 2.81. The minimum absolute atomic E-state index is 0.0621. The molecule has 1 N–H and O–H groups in total. The molecule has 1 unspecified atom stereocenters.